The van der Waals surface area contributed by atoms with E-state index in [9.17, 15) is 0 Å². The molecule has 18 heavy (non-hydrogen) atoms. The Morgan fingerprint density at radius 2 is 2.06 bits per heavy atom. The van der Waals surface area contributed by atoms with Crippen LogP contribution in [0, 0.1) is 0 Å². The zero-order valence-corrected chi connectivity index (χ0v) is 13.7. The summed E-state index contributed by atoms with van der Waals surface area (Å²) < 4.78 is 6.92. The van der Waals surface area contributed by atoms with Gasteiger partial charge < -0.3 is 10.1 Å². The van der Waals surface area contributed by atoms with Gasteiger partial charge in [-0.15, -0.1) is 0 Å². The van der Waals surface area contributed by atoms with Crippen molar-refractivity contribution in [3.05, 3.63) is 27.7 Å². The van der Waals surface area contributed by atoms with E-state index < -0.39 is 0 Å². The zero-order chi connectivity index (χ0) is 13.8. The van der Waals surface area contributed by atoms with Gasteiger partial charge in [0.25, 0.3) is 0 Å². The van der Waals surface area contributed by atoms with Crippen LogP contribution in [0.2, 0.25) is 5.02 Å². The van der Waals surface area contributed by atoms with E-state index in [1.165, 1.54) is 0 Å². The van der Waals surface area contributed by atoms with Crippen molar-refractivity contribution in [3.8, 4) is 5.75 Å². The lowest BCUT2D eigenvalue weighted by molar-refractivity contribution is 0.181. The maximum Gasteiger partial charge on any atom is 0.139 e. The van der Waals surface area contributed by atoms with Crippen LogP contribution >= 0.6 is 27.5 Å². The van der Waals surface area contributed by atoms with E-state index in [-0.39, 0.29) is 11.6 Å². The lowest BCUT2D eigenvalue weighted by atomic mass is 10.1. The van der Waals surface area contributed by atoms with E-state index in [0.717, 1.165) is 23.2 Å². The number of rotatable bonds is 5. The summed E-state index contributed by atoms with van der Waals surface area (Å²) >= 11 is 9.55. The van der Waals surface area contributed by atoms with Crippen LogP contribution in [0.15, 0.2) is 22.7 Å². The third kappa shape index (κ3) is 5.59. The monoisotopic (exact) mass is 333 g/mol. The van der Waals surface area contributed by atoms with Crippen LogP contribution in [0.25, 0.3) is 0 Å². The molecule has 1 aromatic rings. The Kier molecular flexibility index (Phi) is 5.96. The molecule has 0 saturated carbocycles. The fourth-order valence-corrected chi connectivity index (χ4v) is 1.94. The lowest BCUT2D eigenvalue weighted by Crippen LogP contribution is -2.42. The molecule has 1 N–H and O–H groups in total. The molecule has 1 rings (SSSR count). The fraction of sp³-hybridized carbons (Fsp3) is 0.571. The topological polar surface area (TPSA) is 21.3 Å². The number of benzene rings is 1. The Bertz CT molecular complexity index is 390. The number of hydrogen-bond acceptors (Lipinski definition) is 2. The van der Waals surface area contributed by atoms with Crippen LogP contribution in [0.4, 0.5) is 0 Å². The van der Waals surface area contributed by atoms with Gasteiger partial charge in [-0.2, -0.15) is 0 Å². The summed E-state index contributed by atoms with van der Waals surface area (Å²) in [6, 6.07) is 5.65. The number of halogens is 2. The lowest BCUT2D eigenvalue weighted by Gasteiger charge is -2.25. The van der Waals surface area contributed by atoms with Crippen molar-refractivity contribution in [1.82, 2.24) is 5.32 Å². The zero-order valence-electron chi connectivity index (χ0n) is 11.4. The average Bonchev–Trinajstić information content (AvgIpc) is 2.27. The normalized spacial score (nSPS) is 13.4. The van der Waals surface area contributed by atoms with Crippen molar-refractivity contribution in [3.63, 3.8) is 0 Å². The molecule has 0 bridgehead atoms. The second kappa shape index (κ2) is 6.78. The molecule has 4 heteroatoms. The van der Waals surface area contributed by atoms with Crippen LogP contribution in [0.5, 0.6) is 5.75 Å². The molecule has 1 unspecified atom stereocenters. The summed E-state index contributed by atoms with van der Waals surface area (Å²) in [5, 5.41) is 4.09. The molecule has 0 saturated heterocycles. The second-order valence-electron chi connectivity index (χ2n) is 5.35. The van der Waals surface area contributed by atoms with Gasteiger partial charge in [-0.1, -0.05) is 34.5 Å². The summed E-state index contributed by atoms with van der Waals surface area (Å²) in [5.74, 6) is 0.730. The van der Waals surface area contributed by atoms with Gasteiger partial charge in [-0.25, -0.2) is 0 Å². The molecule has 0 aliphatic carbocycles. The highest BCUT2D eigenvalue weighted by Gasteiger charge is 2.15. The fourth-order valence-electron chi connectivity index (χ4n) is 1.44. The van der Waals surface area contributed by atoms with Gasteiger partial charge in [-0.05, 0) is 45.4 Å². The molecule has 0 amide bonds. The van der Waals surface area contributed by atoms with Gasteiger partial charge in [0.1, 0.15) is 11.9 Å². The van der Waals surface area contributed by atoms with E-state index in [0.29, 0.717) is 5.02 Å². The first-order valence-electron chi connectivity index (χ1n) is 6.18. The third-order valence-corrected chi connectivity index (χ3v) is 3.31. The van der Waals surface area contributed by atoms with Gasteiger partial charge in [0.15, 0.2) is 0 Å². The van der Waals surface area contributed by atoms with Gasteiger partial charge in [0.2, 0.25) is 0 Å². The highest BCUT2D eigenvalue weighted by Crippen LogP contribution is 2.29. The smallest absolute Gasteiger partial charge is 0.139 e. The molecule has 0 spiro atoms. The minimum atomic E-state index is 0.0951. The third-order valence-electron chi connectivity index (χ3n) is 2.50. The Morgan fingerprint density at radius 3 is 2.61 bits per heavy atom. The first-order chi connectivity index (χ1) is 8.31. The van der Waals surface area contributed by atoms with Gasteiger partial charge in [0.05, 0.1) is 5.02 Å². The molecular weight excluding hydrogens is 314 g/mol. The van der Waals surface area contributed by atoms with Crippen LogP contribution in [-0.2, 0) is 0 Å². The van der Waals surface area contributed by atoms with Crippen molar-refractivity contribution in [2.45, 2.75) is 45.8 Å². The van der Waals surface area contributed by atoms with Crippen LogP contribution in [-0.4, -0.2) is 18.2 Å². The highest BCUT2D eigenvalue weighted by molar-refractivity contribution is 9.10. The molecular formula is C14H21BrClNO. The van der Waals surface area contributed by atoms with Crippen molar-refractivity contribution in [2.24, 2.45) is 0 Å². The minimum Gasteiger partial charge on any atom is -0.488 e. The summed E-state index contributed by atoms with van der Waals surface area (Å²) in [5.41, 5.74) is 0.0951. The Balaban J connectivity index is 2.65. The standard InChI is InChI=1S/C14H21BrClNO/c1-5-11(9-17-14(2,3)4)18-13-8-10(15)6-7-12(13)16/h6-8,11,17H,5,9H2,1-4H3. The van der Waals surface area contributed by atoms with Crippen LogP contribution in [0.1, 0.15) is 34.1 Å². The van der Waals surface area contributed by atoms with Crippen LogP contribution < -0.4 is 10.1 Å². The van der Waals surface area contributed by atoms with Crippen molar-refractivity contribution in [2.75, 3.05) is 6.54 Å². The SMILES string of the molecule is CCC(CNC(C)(C)C)Oc1cc(Br)ccc1Cl. The van der Waals surface area contributed by atoms with E-state index in [1.807, 2.05) is 18.2 Å². The average molecular weight is 335 g/mol. The predicted octanol–water partition coefficient (Wildman–Crippen LogP) is 4.65. The van der Waals surface area contributed by atoms with E-state index in [4.69, 9.17) is 16.3 Å². The Morgan fingerprint density at radius 1 is 1.39 bits per heavy atom. The summed E-state index contributed by atoms with van der Waals surface area (Å²) in [7, 11) is 0. The van der Waals surface area contributed by atoms with Crippen molar-refractivity contribution >= 4 is 27.5 Å². The van der Waals surface area contributed by atoms with Crippen molar-refractivity contribution < 1.29 is 4.74 Å². The van der Waals surface area contributed by atoms with Gasteiger partial charge in [-0.3, -0.25) is 0 Å². The number of ether oxygens (including phenoxy) is 1. The molecule has 0 fully saturated rings. The van der Waals surface area contributed by atoms with Crippen molar-refractivity contribution in [1.29, 1.82) is 0 Å². The summed E-state index contributed by atoms with van der Waals surface area (Å²) in [6.07, 6.45) is 1.06. The summed E-state index contributed by atoms with van der Waals surface area (Å²) in [6.45, 7) is 9.35. The summed E-state index contributed by atoms with van der Waals surface area (Å²) in [4.78, 5) is 0. The number of hydrogen-bond donors (Lipinski definition) is 1. The van der Waals surface area contributed by atoms with Gasteiger partial charge >= 0.3 is 0 Å². The maximum atomic E-state index is 6.12. The first-order valence-corrected chi connectivity index (χ1v) is 7.35. The highest BCUT2D eigenvalue weighted by atomic mass is 79.9. The van der Waals surface area contributed by atoms with E-state index in [1.54, 1.807) is 0 Å². The molecule has 0 aliphatic rings. The molecule has 1 atom stereocenters. The Hall–Kier alpha value is -0.250. The largest absolute Gasteiger partial charge is 0.488 e. The van der Waals surface area contributed by atoms with Gasteiger partial charge in [0, 0.05) is 16.6 Å². The minimum absolute atomic E-state index is 0.0951. The molecule has 0 aromatic heterocycles. The predicted molar refractivity (Wildman–Crippen MR) is 81.6 cm³/mol. The van der Waals surface area contributed by atoms with E-state index >= 15 is 0 Å². The quantitative estimate of drug-likeness (QED) is 0.846. The first kappa shape index (κ1) is 15.8. The molecule has 0 radical (unpaired) electrons. The number of nitrogens with one attached hydrogen (secondary N) is 1. The molecule has 102 valence electrons. The molecule has 2 nitrogen and oxygen atoms in total. The maximum absolute atomic E-state index is 6.12. The molecule has 0 aliphatic heterocycles. The van der Waals surface area contributed by atoms with E-state index in [2.05, 4.69) is 48.9 Å². The van der Waals surface area contributed by atoms with Crippen LogP contribution in [0.3, 0.4) is 0 Å². The molecule has 1 aromatic carbocycles. The molecule has 0 heterocycles. The Labute approximate surface area is 123 Å². The second-order valence-corrected chi connectivity index (χ2v) is 6.68.